The summed E-state index contributed by atoms with van der Waals surface area (Å²) in [6.45, 7) is 0.136. The minimum atomic E-state index is -4.48. The van der Waals surface area contributed by atoms with Gasteiger partial charge in [0, 0.05) is 11.3 Å². The van der Waals surface area contributed by atoms with E-state index in [0.717, 1.165) is 29.5 Å². The minimum absolute atomic E-state index is 0.136. The Kier molecular flexibility index (Phi) is 5.26. The molecule has 3 aromatic carbocycles. The number of benzene rings is 3. The summed E-state index contributed by atoms with van der Waals surface area (Å²) in [7, 11) is -3.45. The van der Waals surface area contributed by atoms with Crippen molar-refractivity contribution >= 4 is 27.4 Å². The van der Waals surface area contributed by atoms with Gasteiger partial charge in [-0.15, -0.1) is 0 Å². The smallest absolute Gasteiger partial charge is 0.416 e. The summed E-state index contributed by atoms with van der Waals surface area (Å²) in [6.07, 6.45) is -1.61. The van der Waals surface area contributed by atoms with E-state index in [1.807, 2.05) is 30.3 Å². The normalized spacial score (nSPS) is 14.9. The molecule has 0 saturated carbocycles. The van der Waals surface area contributed by atoms with Crippen LogP contribution in [0.15, 0.2) is 66.7 Å². The Bertz CT molecular complexity index is 1280. The third kappa shape index (κ3) is 4.74. The van der Waals surface area contributed by atoms with E-state index in [1.54, 1.807) is 24.3 Å². The number of alkyl halides is 3. The molecule has 4 nitrogen and oxygen atoms in total. The molecule has 0 amide bonds. The van der Waals surface area contributed by atoms with Crippen molar-refractivity contribution in [3.63, 3.8) is 0 Å². The van der Waals surface area contributed by atoms with E-state index in [9.17, 15) is 21.6 Å². The van der Waals surface area contributed by atoms with Gasteiger partial charge < -0.3 is 4.74 Å². The number of ether oxygens (including phenoxy) is 1. The molecule has 0 bridgehead atoms. The number of rotatable bonds is 3. The average Bonchev–Trinajstić information content (AvgIpc) is 2.83. The van der Waals surface area contributed by atoms with Gasteiger partial charge in [-0.2, -0.15) is 13.2 Å². The first kappa shape index (κ1) is 21.0. The van der Waals surface area contributed by atoms with Gasteiger partial charge in [-0.25, -0.2) is 8.42 Å². The highest BCUT2D eigenvalue weighted by molar-refractivity contribution is 7.92. The largest absolute Gasteiger partial charge is 0.488 e. The van der Waals surface area contributed by atoms with E-state index in [4.69, 9.17) is 4.74 Å². The molecule has 3 aromatic rings. The van der Waals surface area contributed by atoms with E-state index < -0.39 is 21.8 Å². The lowest BCUT2D eigenvalue weighted by atomic mass is 9.92. The van der Waals surface area contributed by atoms with Gasteiger partial charge >= 0.3 is 6.18 Å². The standard InChI is InChI=1S/C23H18F3NO3S/c1-31(28,29)27-18-7-4-5-15(11-18)12-21-19-8-3-2-6-16(19)14-30-22-13-17(23(24,25)26)9-10-20(21)22/h2-13,27H,14H2,1H3/b21-12-. The Morgan fingerprint density at radius 3 is 2.48 bits per heavy atom. The van der Waals surface area contributed by atoms with Crippen molar-refractivity contribution in [3.05, 3.63) is 94.5 Å². The fourth-order valence-electron chi connectivity index (χ4n) is 3.48. The maximum absolute atomic E-state index is 13.2. The van der Waals surface area contributed by atoms with Crippen LogP contribution in [0.25, 0.3) is 11.6 Å². The lowest BCUT2D eigenvalue weighted by molar-refractivity contribution is -0.137. The van der Waals surface area contributed by atoms with Crippen molar-refractivity contribution < 1.29 is 26.3 Å². The first-order valence-corrected chi connectivity index (χ1v) is 11.2. The van der Waals surface area contributed by atoms with Crippen LogP contribution in [0, 0.1) is 0 Å². The number of hydrogen-bond acceptors (Lipinski definition) is 3. The predicted molar refractivity (Wildman–Crippen MR) is 114 cm³/mol. The number of sulfonamides is 1. The number of hydrogen-bond donors (Lipinski definition) is 1. The van der Waals surface area contributed by atoms with Crippen molar-refractivity contribution in [2.24, 2.45) is 0 Å². The lowest BCUT2D eigenvalue weighted by Gasteiger charge is -2.14. The molecule has 31 heavy (non-hydrogen) atoms. The molecule has 0 spiro atoms. The van der Waals surface area contributed by atoms with Crippen molar-refractivity contribution in [2.75, 3.05) is 11.0 Å². The summed E-state index contributed by atoms with van der Waals surface area (Å²) >= 11 is 0. The average molecular weight is 445 g/mol. The van der Waals surface area contributed by atoms with Crippen LogP contribution in [-0.2, 0) is 22.8 Å². The molecule has 1 aliphatic heterocycles. The number of fused-ring (bicyclic) bond motifs is 2. The van der Waals surface area contributed by atoms with Crippen molar-refractivity contribution in [1.29, 1.82) is 0 Å². The van der Waals surface area contributed by atoms with Crippen LogP contribution in [-0.4, -0.2) is 14.7 Å². The maximum Gasteiger partial charge on any atom is 0.416 e. The molecule has 0 saturated heterocycles. The molecule has 160 valence electrons. The summed E-state index contributed by atoms with van der Waals surface area (Å²) in [6, 6.07) is 17.7. The van der Waals surface area contributed by atoms with Crippen molar-refractivity contribution in [2.45, 2.75) is 12.8 Å². The second kappa shape index (κ2) is 7.77. The molecule has 0 radical (unpaired) electrons. The maximum atomic E-state index is 13.2. The van der Waals surface area contributed by atoms with E-state index in [0.29, 0.717) is 22.4 Å². The number of nitrogens with one attached hydrogen (secondary N) is 1. The molecule has 1 N–H and O–H groups in total. The SMILES string of the molecule is CS(=O)(=O)Nc1cccc(/C=C2/c3ccccc3COc3cc(C(F)(F)F)ccc32)c1. The van der Waals surface area contributed by atoms with E-state index in [1.165, 1.54) is 6.07 Å². The van der Waals surface area contributed by atoms with Gasteiger partial charge in [0.05, 0.1) is 11.8 Å². The van der Waals surface area contributed by atoms with Crippen LogP contribution in [0.1, 0.15) is 27.8 Å². The molecule has 0 aromatic heterocycles. The van der Waals surface area contributed by atoms with Crippen LogP contribution in [0.5, 0.6) is 5.75 Å². The fraction of sp³-hybridized carbons (Fsp3) is 0.130. The zero-order chi connectivity index (χ0) is 22.2. The van der Waals surface area contributed by atoms with Crippen molar-refractivity contribution in [1.82, 2.24) is 0 Å². The van der Waals surface area contributed by atoms with Gasteiger partial charge in [0.15, 0.2) is 0 Å². The van der Waals surface area contributed by atoms with Crippen LogP contribution in [0.4, 0.5) is 18.9 Å². The van der Waals surface area contributed by atoms with E-state index in [2.05, 4.69) is 4.72 Å². The Labute approximate surface area is 178 Å². The molecule has 1 heterocycles. The second-order valence-electron chi connectivity index (χ2n) is 7.21. The lowest BCUT2D eigenvalue weighted by Crippen LogP contribution is -2.09. The third-order valence-electron chi connectivity index (χ3n) is 4.79. The van der Waals surface area contributed by atoms with Gasteiger partial charge in [-0.3, -0.25) is 4.72 Å². The molecule has 8 heteroatoms. The van der Waals surface area contributed by atoms with Crippen LogP contribution < -0.4 is 9.46 Å². The predicted octanol–water partition coefficient (Wildman–Crippen LogP) is 5.56. The molecule has 4 rings (SSSR count). The molecule has 0 fully saturated rings. The molecule has 1 aliphatic rings. The highest BCUT2D eigenvalue weighted by Crippen LogP contribution is 2.41. The summed E-state index contributed by atoms with van der Waals surface area (Å²) < 4.78 is 70.9. The zero-order valence-electron chi connectivity index (χ0n) is 16.4. The first-order chi connectivity index (χ1) is 14.6. The Balaban J connectivity index is 1.88. The Morgan fingerprint density at radius 2 is 1.74 bits per heavy atom. The van der Waals surface area contributed by atoms with Gasteiger partial charge in [-0.05, 0) is 52.6 Å². The molecular formula is C23H18F3NO3S. The topological polar surface area (TPSA) is 55.4 Å². The first-order valence-electron chi connectivity index (χ1n) is 9.32. The second-order valence-corrected chi connectivity index (χ2v) is 8.96. The van der Waals surface area contributed by atoms with Crippen LogP contribution >= 0.6 is 0 Å². The van der Waals surface area contributed by atoms with Gasteiger partial charge in [0.1, 0.15) is 12.4 Å². The van der Waals surface area contributed by atoms with Crippen molar-refractivity contribution in [3.8, 4) is 5.75 Å². The van der Waals surface area contributed by atoms with E-state index in [-0.39, 0.29) is 12.4 Å². The fourth-order valence-corrected chi connectivity index (χ4v) is 4.03. The molecule has 0 aliphatic carbocycles. The quantitative estimate of drug-likeness (QED) is 0.575. The summed E-state index contributed by atoms with van der Waals surface area (Å²) in [5, 5.41) is 0. The van der Waals surface area contributed by atoms with Gasteiger partial charge in [0.2, 0.25) is 10.0 Å². The Morgan fingerprint density at radius 1 is 0.968 bits per heavy atom. The highest BCUT2D eigenvalue weighted by atomic mass is 32.2. The minimum Gasteiger partial charge on any atom is -0.488 e. The summed E-state index contributed by atoms with van der Waals surface area (Å²) in [5.74, 6) is 0.141. The molecule has 0 unspecified atom stereocenters. The highest BCUT2D eigenvalue weighted by Gasteiger charge is 2.32. The van der Waals surface area contributed by atoms with Crippen LogP contribution in [0.2, 0.25) is 0 Å². The summed E-state index contributed by atoms with van der Waals surface area (Å²) in [5.41, 5.74) is 3.18. The van der Waals surface area contributed by atoms with Crippen LogP contribution in [0.3, 0.4) is 0 Å². The third-order valence-corrected chi connectivity index (χ3v) is 5.40. The zero-order valence-corrected chi connectivity index (χ0v) is 17.2. The summed E-state index contributed by atoms with van der Waals surface area (Å²) in [4.78, 5) is 0. The molecular weight excluding hydrogens is 427 g/mol. The van der Waals surface area contributed by atoms with Gasteiger partial charge in [-0.1, -0.05) is 42.5 Å². The Hall–Kier alpha value is -3.26. The van der Waals surface area contributed by atoms with Gasteiger partial charge in [0.25, 0.3) is 0 Å². The number of anilines is 1. The monoisotopic (exact) mass is 445 g/mol. The molecule has 0 atom stereocenters. The number of halogens is 3. The van der Waals surface area contributed by atoms with E-state index >= 15 is 0 Å².